The molecule has 1 fully saturated rings. The highest BCUT2D eigenvalue weighted by atomic mass is 16.3. The molecule has 1 aliphatic rings. The first-order valence-electron chi connectivity index (χ1n) is 6.07. The Morgan fingerprint density at radius 3 is 2.50 bits per heavy atom. The summed E-state index contributed by atoms with van der Waals surface area (Å²) < 4.78 is 0. The molecule has 0 saturated heterocycles. The summed E-state index contributed by atoms with van der Waals surface area (Å²) in [5, 5.41) is 13.5. The van der Waals surface area contributed by atoms with E-state index < -0.39 is 6.10 Å². The maximum atomic E-state index is 10.0. The summed E-state index contributed by atoms with van der Waals surface area (Å²) in [6.07, 6.45) is 2.24. The van der Waals surface area contributed by atoms with Gasteiger partial charge in [-0.2, -0.15) is 0 Å². The minimum atomic E-state index is -0.403. The third-order valence-electron chi connectivity index (χ3n) is 3.53. The van der Waals surface area contributed by atoms with E-state index in [0.29, 0.717) is 6.54 Å². The fourth-order valence-corrected chi connectivity index (χ4v) is 2.10. The summed E-state index contributed by atoms with van der Waals surface area (Å²) in [7, 11) is 0. The van der Waals surface area contributed by atoms with Crippen molar-refractivity contribution in [2.75, 3.05) is 6.54 Å². The number of aliphatic hydroxyl groups excluding tert-OH is 1. The Bertz CT molecular complexity index is 330. The minimum Gasteiger partial charge on any atom is -0.387 e. The summed E-state index contributed by atoms with van der Waals surface area (Å²) in [6.45, 7) is 5.08. The Kier molecular flexibility index (Phi) is 3.31. The molecule has 0 amide bonds. The van der Waals surface area contributed by atoms with Crippen LogP contribution in [0.25, 0.3) is 0 Å². The molecule has 0 aliphatic heterocycles. The lowest BCUT2D eigenvalue weighted by molar-refractivity contribution is 0.157. The van der Waals surface area contributed by atoms with Crippen LogP contribution in [0.2, 0.25) is 0 Å². The van der Waals surface area contributed by atoms with Gasteiger partial charge in [0.2, 0.25) is 0 Å². The molecule has 1 atom stereocenters. The van der Waals surface area contributed by atoms with Gasteiger partial charge in [0.1, 0.15) is 0 Å². The zero-order valence-electron chi connectivity index (χ0n) is 10.1. The SMILES string of the molecule is CC(C)(NCC(O)c1ccccc1)C1CC1. The lowest BCUT2D eigenvalue weighted by Crippen LogP contribution is -2.43. The zero-order chi connectivity index (χ0) is 11.6. The van der Waals surface area contributed by atoms with Gasteiger partial charge < -0.3 is 10.4 Å². The monoisotopic (exact) mass is 219 g/mol. The molecule has 1 saturated carbocycles. The molecule has 88 valence electrons. The van der Waals surface area contributed by atoms with Crippen molar-refractivity contribution in [3.05, 3.63) is 35.9 Å². The van der Waals surface area contributed by atoms with Crippen molar-refractivity contribution in [1.29, 1.82) is 0 Å². The van der Waals surface area contributed by atoms with Crippen LogP contribution in [0.4, 0.5) is 0 Å². The number of rotatable bonds is 5. The molecule has 16 heavy (non-hydrogen) atoms. The Morgan fingerprint density at radius 1 is 1.31 bits per heavy atom. The maximum absolute atomic E-state index is 10.0. The van der Waals surface area contributed by atoms with Crippen molar-refractivity contribution in [1.82, 2.24) is 5.32 Å². The van der Waals surface area contributed by atoms with Crippen molar-refractivity contribution in [3.8, 4) is 0 Å². The number of hydrogen-bond acceptors (Lipinski definition) is 2. The Hall–Kier alpha value is -0.860. The van der Waals surface area contributed by atoms with Gasteiger partial charge in [0.05, 0.1) is 6.10 Å². The third kappa shape index (κ3) is 2.83. The maximum Gasteiger partial charge on any atom is 0.0914 e. The van der Waals surface area contributed by atoms with E-state index >= 15 is 0 Å². The lowest BCUT2D eigenvalue weighted by Gasteiger charge is -2.27. The number of aliphatic hydroxyl groups is 1. The highest BCUT2D eigenvalue weighted by molar-refractivity contribution is 5.17. The summed E-state index contributed by atoms with van der Waals surface area (Å²) in [4.78, 5) is 0. The second kappa shape index (κ2) is 4.56. The van der Waals surface area contributed by atoms with Crippen molar-refractivity contribution in [3.63, 3.8) is 0 Å². The van der Waals surface area contributed by atoms with Crippen molar-refractivity contribution in [2.45, 2.75) is 38.3 Å². The second-order valence-corrected chi connectivity index (χ2v) is 5.30. The predicted molar refractivity (Wildman–Crippen MR) is 66.2 cm³/mol. The summed E-state index contributed by atoms with van der Waals surface area (Å²) in [6, 6.07) is 9.83. The van der Waals surface area contributed by atoms with Crippen LogP contribution in [0, 0.1) is 5.92 Å². The van der Waals surface area contributed by atoms with Crippen molar-refractivity contribution in [2.24, 2.45) is 5.92 Å². The molecule has 0 radical (unpaired) electrons. The third-order valence-corrected chi connectivity index (χ3v) is 3.53. The Balaban J connectivity index is 1.86. The van der Waals surface area contributed by atoms with E-state index in [2.05, 4.69) is 19.2 Å². The zero-order valence-corrected chi connectivity index (χ0v) is 10.1. The van der Waals surface area contributed by atoms with Gasteiger partial charge in [-0.3, -0.25) is 0 Å². The Labute approximate surface area is 97.7 Å². The van der Waals surface area contributed by atoms with Gasteiger partial charge in [-0.1, -0.05) is 30.3 Å². The molecule has 0 aromatic heterocycles. The molecule has 0 spiro atoms. The average Bonchev–Trinajstić information content (AvgIpc) is 3.11. The summed E-state index contributed by atoms with van der Waals surface area (Å²) >= 11 is 0. The molecular formula is C14H21NO. The van der Waals surface area contributed by atoms with Gasteiger partial charge in [-0.25, -0.2) is 0 Å². The van der Waals surface area contributed by atoms with E-state index in [1.807, 2.05) is 30.3 Å². The van der Waals surface area contributed by atoms with Gasteiger partial charge in [0, 0.05) is 12.1 Å². The van der Waals surface area contributed by atoms with E-state index in [4.69, 9.17) is 0 Å². The smallest absolute Gasteiger partial charge is 0.0914 e. The van der Waals surface area contributed by atoms with Gasteiger partial charge in [-0.15, -0.1) is 0 Å². The van der Waals surface area contributed by atoms with Crippen LogP contribution >= 0.6 is 0 Å². The first-order chi connectivity index (χ1) is 7.59. The molecule has 0 bridgehead atoms. The van der Waals surface area contributed by atoms with Crippen LogP contribution in [-0.2, 0) is 0 Å². The Morgan fingerprint density at radius 2 is 1.94 bits per heavy atom. The highest BCUT2D eigenvalue weighted by Gasteiger charge is 2.37. The van der Waals surface area contributed by atoms with E-state index in [0.717, 1.165) is 11.5 Å². The topological polar surface area (TPSA) is 32.3 Å². The van der Waals surface area contributed by atoms with Gasteiger partial charge in [0.15, 0.2) is 0 Å². The van der Waals surface area contributed by atoms with Crippen LogP contribution in [0.1, 0.15) is 38.4 Å². The largest absolute Gasteiger partial charge is 0.387 e. The van der Waals surface area contributed by atoms with Crippen molar-refractivity contribution < 1.29 is 5.11 Å². The van der Waals surface area contributed by atoms with Crippen molar-refractivity contribution >= 4 is 0 Å². The summed E-state index contributed by atoms with van der Waals surface area (Å²) in [5.41, 5.74) is 1.15. The van der Waals surface area contributed by atoms with Gasteiger partial charge >= 0.3 is 0 Å². The quantitative estimate of drug-likeness (QED) is 0.797. The van der Waals surface area contributed by atoms with Crippen LogP contribution in [0.5, 0.6) is 0 Å². The molecular weight excluding hydrogens is 198 g/mol. The molecule has 0 heterocycles. The number of benzene rings is 1. The predicted octanol–water partition coefficient (Wildman–Crippen LogP) is 2.50. The fourth-order valence-electron chi connectivity index (χ4n) is 2.10. The van der Waals surface area contributed by atoms with Crippen LogP contribution in [0.3, 0.4) is 0 Å². The van der Waals surface area contributed by atoms with Crippen LogP contribution < -0.4 is 5.32 Å². The fraction of sp³-hybridized carbons (Fsp3) is 0.571. The van der Waals surface area contributed by atoms with E-state index in [1.165, 1.54) is 12.8 Å². The minimum absolute atomic E-state index is 0.162. The molecule has 1 aliphatic carbocycles. The molecule has 1 aromatic rings. The highest BCUT2D eigenvalue weighted by Crippen LogP contribution is 2.39. The molecule has 2 heteroatoms. The van der Waals surface area contributed by atoms with Crippen LogP contribution in [-0.4, -0.2) is 17.2 Å². The molecule has 2 N–H and O–H groups in total. The van der Waals surface area contributed by atoms with E-state index in [9.17, 15) is 5.11 Å². The molecule has 2 nitrogen and oxygen atoms in total. The number of hydrogen-bond donors (Lipinski definition) is 2. The first kappa shape index (κ1) is 11.6. The second-order valence-electron chi connectivity index (χ2n) is 5.30. The van der Waals surface area contributed by atoms with Gasteiger partial charge in [-0.05, 0) is 38.2 Å². The normalized spacial score (nSPS) is 18.4. The summed E-state index contributed by atoms with van der Waals surface area (Å²) in [5.74, 6) is 0.787. The molecule has 2 rings (SSSR count). The standard InChI is InChI=1S/C14H21NO/c1-14(2,12-8-9-12)15-10-13(16)11-6-4-3-5-7-11/h3-7,12-13,15-16H,8-10H2,1-2H3. The lowest BCUT2D eigenvalue weighted by atomic mass is 9.98. The van der Waals surface area contributed by atoms with E-state index in [1.54, 1.807) is 0 Å². The average molecular weight is 219 g/mol. The first-order valence-corrected chi connectivity index (χ1v) is 6.07. The number of β-amino-alcohol motifs (C(OH)–C–C–N with tert-alkyl or cyclic N) is 1. The van der Waals surface area contributed by atoms with E-state index in [-0.39, 0.29) is 5.54 Å². The molecule has 1 unspecified atom stereocenters. The van der Waals surface area contributed by atoms with Crippen LogP contribution in [0.15, 0.2) is 30.3 Å². The number of nitrogens with one attached hydrogen (secondary N) is 1. The van der Waals surface area contributed by atoms with Gasteiger partial charge in [0.25, 0.3) is 0 Å². The molecule has 1 aromatic carbocycles.